The van der Waals surface area contributed by atoms with Gasteiger partial charge in [0.25, 0.3) is 5.91 Å². The van der Waals surface area contributed by atoms with Crippen LogP contribution in [0.15, 0.2) is 52.3 Å². The summed E-state index contributed by atoms with van der Waals surface area (Å²) in [5, 5.41) is 3.02. The quantitative estimate of drug-likeness (QED) is 0.757. The predicted octanol–water partition coefficient (Wildman–Crippen LogP) is 3.77. The van der Waals surface area contributed by atoms with Crippen molar-refractivity contribution in [3.63, 3.8) is 0 Å². The molecule has 1 atom stereocenters. The molecule has 26 heavy (non-hydrogen) atoms. The third kappa shape index (κ3) is 4.56. The Bertz CT molecular complexity index is 766. The van der Waals surface area contributed by atoms with Gasteiger partial charge in [0.1, 0.15) is 5.82 Å². The van der Waals surface area contributed by atoms with E-state index in [1.165, 1.54) is 30.3 Å². The molecule has 1 aliphatic heterocycles. The number of carbonyl (C=O) groups is 1. The molecule has 0 spiro atoms. The van der Waals surface area contributed by atoms with Gasteiger partial charge in [-0.3, -0.25) is 9.69 Å². The van der Waals surface area contributed by atoms with Gasteiger partial charge in [0, 0.05) is 33.6 Å². The maximum absolute atomic E-state index is 13.0. The molecular weight excluding hydrogens is 349 g/mol. The lowest BCUT2D eigenvalue weighted by molar-refractivity contribution is 0.0941. The number of halogens is 1. The molecule has 0 radical (unpaired) electrons. The average Bonchev–Trinajstić information content (AvgIpc) is 3.10. The minimum absolute atomic E-state index is 0.0991. The van der Waals surface area contributed by atoms with Crippen molar-refractivity contribution >= 4 is 23.4 Å². The summed E-state index contributed by atoms with van der Waals surface area (Å²) in [6.07, 6.45) is 2.32. The van der Waals surface area contributed by atoms with Gasteiger partial charge in [0.15, 0.2) is 0 Å². The number of nitrogens with two attached hydrogens (primary N) is 1. The normalized spacial score (nSPS) is 17.4. The molecule has 1 fully saturated rings. The molecule has 138 valence electrons. The number of nitrogens with zero attached hydrogens (tertiary/aromatic N) is 1. The van der Waals surface area contributed by atoms with Gasteiger partial charge in [-0.2, -0.15) is 0 Å². The van der Waals surface area contributed by atoms with Crippen molar-refractivity contribution < 1.29 is 9.18 Å². The first-order valence-corrected chi connectivity index (χ1v) is 9.73. The van der Waals surface area contributed by atoms with E-state index in [1.807, 2.05) is 6.07 Å². The minimum atomic E-state index is -0.266. The van der Waals surface area contributed by atoms with Crippen LogP contribution in [0.5, 0.6) is 0 Å². The number of nitrogen functional groups attached to an aromatic ring is 1. The molecule has 4 nitrogen and oxygen atoms in total. The van der Waals surface area contributed by atoms with Gasteiger partial charge in [-0.05, 0) is 68.4 Å². The maximum atomic E-state index is 13.0. The summed E-state index contributed by atoms with van der Waals surface area (Å²) in [6, 6.07) is 12.0. The fraction of sp³-hybridized carbons (Fsp3) is 0.350. The van der Waals surface area contributed by atoms with Gasteiger partial charge >= 0.3 is 0 Å². The van der Waals surface area contributed by atoms with E-state index in [0.717, 1.165) is 29.3 Å². The summed E-state index contributed by atoms with van der Waals surface area (Å²) in [5.41, 5.74) is 7.22. The third-order valence-electron chi connectivity index (χ3n) is 4.72. The number of nitrogens with one attached hydrogen (secondary N) is 1. The highest BCUT2D eigenvalue weighted by Crippen LogP contribution is 2.32. The highest BCUT2D eigenvalue weighted by Gasteiger charge is 2.23. The molecule has 0 aromatic heterocycles. The second-order valence-corrected chi connectivity index (χ2v) is 7.56. The highest BCUT2D eigenvalue weighted by molar-refractivity contribution is 7.99. The Hall–Kier alpha value is -2.05. The van der Waals surface area contributed by atoms with Crippen molar-refractivity contribution in [2.45, 2.75) is 35.6 Å². The number of rotatable bonds is 6. The average molecular weight is 373 g/mol. The standard InChI is InChI=1S/C20H24FN3OS/c1-2-24-11-3-4-16(24)13-23-20(25)14-5-10-19(18(22)12-14)26-17-8-6-15(21)7-9-17/h5-10,12,16H,2-4,11,13,22H2,1H3,(H,23,25). The van der Waals surface area contributed by atoms with Crippen LogP contribution in [-0.4, -0.2) is 36.5 Å². The number of hydrogen-bond acceptors (Lipinski definition) is 4. The molecule has 3 rings (SSSR count). The largest absolute Gasteiger partial charge is 0.398 e. The van der Waals surface area contributed by atoms with Gasteiger partial charge in [-0.15, -0.1) is 0 Å². The molecule has 2 aromatic carbocycles. The van der Waals surface area contributed by atoms with Crippen LogP contribution in [0.4, 0.5) is 10.1 Å². The molecule has 3 N–H and O–H groups in total. The summed E-state index contributed by atoms with van der Waals surface area (Å²) in [4.78, 5) is 16.6. The molecule has 0 saturated carbocycles. The molecule has 1 aliphatic rings. The van der Waals surface area contributed by atoms with Crippen LogP contribution in [-0.2, 0) is 0 Å². The topological polar surface area (TPSA) is 58.4 Å². The van der Waals surface area contributed by atoms with Crippen LogP contribution in [0.2, 0.25) is 0 Å². The number of benzene rings is 2. The first kappa shape index (κ1) is 18.7. The second-order valence-electron chi connectivity index (χ2n) is 6.44. The third-order valence-corrected chi connectivity index (χ3v) is 5.82. The minimum Gasteiger partial charge on any atom is -0.398 e. The summed E-state index contributed by atoms with van der Waals surface area (Å²) in [6.45, 7) is 4.94. The Morgan fingerprint density at radius 3 is 2.77 bits per heavy atom. The number of likely N-dealkylation sites (tertiary alicyclic amines) is 1. The van der Waals surface area contributed by atoms with Crippen molar-refractivity contribution in [1.29, 1.82) is 0 Å². The van der Waals surface area contributed by atoms with Crippen LogP contribution in [0, 0.1) is 5.82 Å². The van der Waals surface area contributed by atoms with Gasteiger partial charge in [-0.25, -0.2) is 4.39 Å². The molecule has 1 heterocycles. The van der Waals surface area contributed by atoms with E-state index in [2.05, 4.69) is 17.1 Å². The van der Waals surface area contributed by atoms with E-state index >= 15 is 0 Å². The van der Waals surface area contributed by atoms with E-state index in [9.17, 15) is 9.18 Å². The Kier molecular flexibility index (Phi) is 6.16. The highest BCUT2D eigenvalue weighted by atomic mass is 32.2. The lowest BCUT2D eigenvalue weighted by Crippen LogP contribution is -2.40. The lowest BCUT2D eigenvalue weighted by atomic mass is 10.1. The first-order valence-electron chi connectivity index (χ1n) is 8.92. The molecule has 1 saturated heterocycles. The molecule has 1 unspecified atom stereocenters. The monoisotopic (exact) mass is 373 g/mol. The number of carbonyl (C=O) groups excluding carboxylic acids is 1. The molecule has 0 aliphatic carbocycles. The van der Waals surface area contributed by atoms with Gasteiger partial charge < -0.3 is 11.1 Å². The van der Waals surface area contributed by atoms with Crippen LogP contribution < -0.4 is 11.1 Å². The van der Waals surface area contributed by atoms with Crippen molar-refractivity contribution in [3.05, 3.63) is 53.8 Å². The zero-order valence-electron chi connectivity index (χ0n) is 14.9. The number of anilines is 1. The predicted molar refractivity (Wildman–Crippen MR) is 104 cm³/mol. The Labute approximate surface area is 158 Å². The summed E-state index contributed by atoms with van der Waals surface area (Å²) < 4.78 is 13.0. The van der Waals surface area contributed by atoms with Crippen LogP contribution in [0.1, 0.15) is 30.1 Å². The van der Waals surface area contributed by atoms with Crippen LogP contribution in [0.25, 0.3) is 0 Å². The van der Waals surface area contributed by atoms with Crippen molar-refractivity contribution in [2.24, 2.45) is 0 Å². The molecule has 2 aromatic rings. The summed E-state index contributed by atoms with van der Waals surface area (Å²) in [7, 11) is 0. The zero-order chi connectivity index (χ0) is 18.5. The van der Waals surface area contributed by atoms with E-state index in [0.29, 0.717) is 23.8 Å². The fourth-order valence-corrected chi connectivity index (χ4v) is 4.11. The first-order chi connectivity index (χ1) is 12.6. The smallest absolute Gasteiger partial charge is 0.251 e. The summed E-state index contributed by atoms with van der Waals surface area (Å²) in [5.74, 6) is -0.365. The van der Waals surface area contributed by atoms with Crippen molar-refractivity contribution in [1.82, 2.24) is 10.2 Å². The van der Waals surface area contributed by atoms with E-state index in [-0.39, 0.29) is 11.7 Å². The number of hydrogen-bond donors (Lipinski definition) is 2. The van der Waals surface area contributed by atoms with Gasteiger partial charge in [0.05, 0.1) is 0 Å². The van der Waals surface area contributed by atoms with E-state index in [1.54, 1.807) is 24.3 Å². The van der Waals surface area contributed by atoms with Gasteiger partial charge in [-0.1, -0.05) is 18.7 Å². The van der Waals surface area contributed by atoms with Crippen LogP contribution in [0.3, 0.4) is 0 Å². The Morgan fingerprint density at radius 2 is 2.08 bits per heavy atom. The molecular formula is C20H24FN3OS. The SMILES string of the molecule is CCN1CCCC1CNC(=O)c1ccc(Sc2ccc(F)cc2)c(N)c1. The maximum Gasteiger partial charge on any atom is 0.251 e. The second kappa shape index (κ2) is 8.56. The van der Waals surface area contributed by atoms with Gasteiger partial charge in [0.2, 0.25) is 0 Å². The Morgan fingerprint density at radius 1 is 1.31 bits per heavy atom. The molecule has 6 heteroatoms. The van der Waals surface area contributed by atoms with Crippen molar-refractivity contribution in [2.75, 3.05) is 25.4 Å². The van der Waals surface area contributed by atoms with Crippen molar-refractivity contribution in [3.8, 4) is 0 Å². The molecule has 0 bridgehead atoms. The Balaban J connectivity index is 1.61. The lowest BCUT2D eigenvalue weighted by Gasteiger charge is -2.22. The van der Waals surface area contributed by atoms with E-state index < -0.39 is 0 Å². The fourth-order valence-electron chi connectivity index (χ4n) is 3.27. The summed E-state index contributed by atoms with van der Waals surface area (Å²) >= 11 is 1.45. The number of amides is 1. The molecule has 1 amide bonds. The van der Waals surface area contributed by atoms with E-state index in [4.69, 9.17) is 5.73 Å². The number of likely N-dealkylation sites (N-methyl/N-ethyl adjacent to an activating group) is 1. The zero-order valence-corrected chi connectivity index (χ0v) is 15.7. The van der Waals surface area contributed by atoms with Crippen LogP contribution >= 0.6 is 11.8 Å².